The zero-order valence-corrected chi connectivity index (χ0v) is 15.3. The van der Waals surface area contributed by atoms with Gasteiger partial charge in [-0.15, -0.1) is 0 Å². The number of hydrogen-bond donors (Lipinski definition) is 1. The molecule has 1 aliphatic carbocycles. The SMILES string of the molecule is CC(C)[C@H](C)N(Cc1cn[nH]c1-c1ccc2c(c1)OCCO2)C1CC1. The third-order valence-electron chi connectivity index (χ3n) is 5.41. The molecular formula is C20H27N3O2. The van der Waals surface area contributed by atoms with E-state index in [1.54, 1.807) is 0 Å². The van der Waals surface area contributed by atoms with Crippen LogP contribution in [0.3, 0.4) is 0 Å². The fourth-order valence-electron chi connectivity index (χ4n) is 3.47. The third kappa shape index (κ3) is 3.38. The van der Waals surface area contributed by atoms with Gasteiger partial charge in [0.05, 0.1) is 11.9 Å². The van der Waals surface area contributed by atoms with Gasteiger partial charge in [-0.2, -0.15) is 5.10 Å². The minimum absolute atomic E-state index is 0.565. The molecule has 0 amide bonds. The van der Waals surface area contributed by atoms with Gasteiger partial charge in [0.25, 0.3) is 0 Å². The van der Waals surface area contributed by atoms with Gasteiger partial charge >= 0.3 is 0 Å². The summed E-state index contributed by atoms with van der Waals surface area (Å²) in [4.78, 5) is 2.64. The van der Waals surface area contributed by atoms with Gasteiger partial charge in [-0.25, -0.2) is 0 Å². The Morgan fingerprint density at radius 3 is 2.64 bits per heavy atom. The lowest BCUT2D eigenvalue weighted by Crippen LogP contribution is -2.37. The summed E-state index contributed by atoms with van der Waals surface area (Å²) in [6.07, 6.45) is 4.59. The average molecular weight is 341 g/mol. The molecule has 1 aliphatic heterocycles. The van der Waals surface area contributed by atoms with Crippen LogP contribution in [-0.4, -0.2) is 40.4 Å². The highest BCUT2D eigenvalue weighted by Crippen LogP contribution is 2.37. The van der Waals surface area contributed by atoms with Gasteiger partial charge in [0.2, 0.25) is 0 Å². The largest absolute Gasteiger partial charge is 0.486 e. The molecule has 5 nitrogen and oxygen atoms in total. The first kappa shape index (κ1) is 16.5. The molecule has 0 saturated heterocycles. The smallest absolute Gasteiger partial charge is 0.162 e. The Morgan fingerprint density at radius 1 is 1.16 bits per heavy atom. The van der Waals surface area contributed by atoms with Gasteiger partial charge in [-0.1, -0.05) is 13.8 Å². The predicted molar refractivity (Wildman–Crippen MR) is 97.9 cm³/mol. The maximum absolute atomic E-state index is 5.73. The molecule has 25 heavy (non-hydrogen) atoms. The molecule has 0 radical (unpaired) electrons. The van der Waals surface area contributed by atoms with Crippen molar-refractivity contribution in [3.63, 3.8) is 0 Å². The standard InChI is InChI=1S/C20H27N3O2/c1-13(2)14(3)23(17-5-6-17)12-16-11-21-22-20(16)15-4-7-18-19(10-15)25-9-8-24-18/h4,7,10-11,13-14,17H,5-6,8-9,12H2,1-3H3,(H,21,22)/t14-/m0/s1. The molecule has 5 heteroatoms. The molecule has 4 rings (SSSR count). The van der Waals surface area contributed by atoms with Crippen molar-refractivity contribution < 1.29 is 9.47 Å². The highest BCUT2D eigenvalue weighted by Gasteiger charge is 2.33. The summed E-state index contributed by atoms with van der Waals surface area (Å²) >= 11 is 0. The van der Waals surface area contributed by atoms with E-state index in [2.05, 4.69) is 48.0 Å². The van der Waals surface area contributed by atoms with E-state index in [0.717, 1.165) is 35.3 Å². The number of nitrogens with zero attached hydrogens (tertiary/aromatic N) is 2. The number of rotatable bonds is 6. The summed E-state index contributed by atoms with van der Waals surface area (Å²) < 4.78 is 11.4. The van der Waals surface area contributed by atoms with Crippen molar-refractivity contribution in [2.75, 3.05) is 13.2 Å². The highest BCUT2D eigenvalue weighted by molar-refractivity contribution is 5.66. The van der Waals surface area contributed by atoms with Crippen LogP contribution in [0.15, 0.2) is 24.4 Å². The normalized spacial score (nSPS) is 18.0. The Labute approximate surface area is 149 Å². The van der Waals surface area contributed by atoms with Gasteiger partial charge in [0, 0.05) is 29.8 Å². The Balaban J connectivity index is 1.60. The quantitative estimate of drug-likeness (QED) is 0.867. The summed E-state index contributed by atoms with van der Waals surface area (Å²) in [5.74, 6) is 2.29. The number of aromatic nitrogens is 2. The third-order valence-corrected chi connectivity index (χ3v) is 5.41. The van der Waals surface area contributed by atoms with Crippen molar-refractivity contribution in [1.82, 2.24) is 15.1 Å². The minimum atomic E-state index is 0.565. The molecule has 2 aliphatic rings. The van der Waals surface area contributed by atoms with Crippen molar-refractivity contribution >= 4 is 0 Å². The molecule has 0 bridgehead atoms. The topological polar surface area (TPSA) is 50.4 Å². The Morgan fingerprint density at radius 2 is 1.92 bits per heavy atom. The maximum Gasteiger partial charge on any atom is 0.162 e. The lowest BCUT2D eigenvalue weighted by atomic mass is 10.0. The average Bonchev–Trinajstić information content (AvgIpc) is 3.36. The Kier molecular flexibility index (Phi) is 4.42. The van der Waals surface area contributed by atoms with E-state index in [0.29, 0.717) is 25.2 Å². The molecule has 2 heterocycles. The molecule has 2 aromatic rings. The number of hydrogen-bond acceptors (Lipinski definition) is 4. The van der Waals surface area contributed by atoms with E-state index in [9.17, 15) is 0 Å². The van der Waals surface area contributed by atoms with Crippen LogP contribution in [0.4, 0.5) is 0 Å². The fourth-order valence-corrected chi connectivity index (χ4v) is 3.47. The molecule has 1 N–H and O–H groups in total. The molecule has 1 saturated carbocycles. The number of nitrogens with one attached hydrogen (secondary N) is 1. The van der Waals surface area contributed by atoms with Crippen LogP contribution in [0.25, 0.3) is 11.3 Å². The van der Waals surface area contributed by atoms with Crippen LogP contribution in [0.2, 0.25) is 0 Å². The zero-order valence-electron chi connectivity index (χ0n) is 15.3. The van der Waals surface area contributed by atoms with E-state index < -0.39 is 0 Å². The first-order valence-electron chi connectivity index (χ1n) is 9.31. The number of ether oxygens (including phenoxy) is 2. The maximum atomic E-state index is 5.73. The molecule has 1 aromatic carbocycles. The van der Waals surface area contributed by atoms with E-state index >= 15 is 0 Å². The molecule has 134 valence electrons. The van der Waals surface area contributed by atoms with Crippen molar-refractivity contribution in [3.8, 4) is 22.8 Å². The molecule has 1 aromatic heterocycles. The first-order chi connectivity index (χ1) is 12.1. The number of aromatic amines is 1. The van der Waals surface area contributed by atoms with Gasteiger partial charge in [0.1, 0.15) is 13.2 Å². The van der Waals surface area contributed by atoms with Crippen LogP contribution < -0.4 is 9.47 Å². The number of H-pyrrole nitrogens is 1. The summed E-state index contributed by atoms with van der Waals surface area (Å²) in [6, 6.07) is 7.41. The number of fused-ring (bicyclic) bond motifs is 1. The summed E-state index contributed by atoms with van der Waals surface area (Å²) in [7, 11) is 0. The predicted octanol–water partition coefficient (Wildman–Crippen LogP) is 3.86. The van der Waals surface area contributed by atoms with E-state index in [-0.39, 0.29) is 0 Å². The van der Waals surface area contributed by atoms with E-state index in [1.807, 2.05) is 12.3 Å². The second-order valence-corrected chi connectivity index (χ2v) is 7.52. The Hall–Kier alpha value is -2.01. The van der Waals surface area contributed by atoms with E-state index in [4.69, 9.17) is 9.47 Å². The molecule has 1 fully saturated rings. The molecule has 1 atom stereocenters. The van der Waals surface area contributed by atoms with E-state index in [1.165, 1.54) is 18.4 Å². The van der Waals surface area contributed by atoms with Crippen LogP contribution >= 0.6 is 0 Å². The lowest BCUT2D eigenvalue weighted by molar-refractivity contribution is 0.151. The zero-order chi connectivity index (χ0) is 17.4. The van der Waals surface area contributed by atoms with Crippen LogP contribution in [-0.2, 0) is 6.54 Å². The molecular weight excluding hydrogens is 314 g/mol. The van der Waals surface area contributed by atoms with Crippen molar-refractivity contribution in [1.29, 1.82) is 0 Å². The highest BCUT2D eigenvalue weighted by atomic mass is 16.6. The van der Waals surface area contributed by atoms with Gasteiger partial charge < -0.3 is 9.47 Å². The number of benzene rings is 1. The summed E-state index contributed by atoms with van der Waals surface area (Å²) in [5.41, 5.74) is 3.43. The van der Waals surface area contributed by atoms with Crippen molar-refractivity contribution in [2.45, 2.75) is 52.2 Å². The summed E-state index contributed by atoms with van der Waals surface area (Å²) in [6.45, 7) is 9.10. The monoisotopic (exact) mass is 341 g/mol. The summed E-state index contributed by atoms with van der Waals surface area (Å²) in [5, 5.41) is 7.51. The lowest BCUT2D eigenvalue weighted by Gasteiger charge is -2.32. The minimum Gasteiger partial charge on any atom is -0.486 e. The van der Waals surface area contributed by atoms with Gasteiger partial charge in [0.15, 0.2) is 11.5 Å². The van der Waals surface area contributed by atoms with Gasteiger partial charge in [-0.05, 0) is 43.9 Å². The Bertz CT molecular complexity index is 736. The second kappa shape index (κ2) is 6.71. The van der Waals surface area contributed by atoms with Gasteiger partial charge in [-0.3, -0.25) is 10.00 Å². The fraction of sp³-hybridized carbons (Fsp3) is 0.550. The van der Waals surface area contributed by atoms with Crippen molar-refractivity contribution in [2.24, 2.45) is 5.92 Å². The van der Waals surface area contributed by atoms with Crippen molar-refractivity contribution in [3.05, 3.63) is 30.0 Å². The van der Waals surface area contributed by atoms with Crippen LogP contribution in [0, 0.1) is 5.92 Å². The van der Waals surface area contributed by atoms with Crippen LogP contribution in [0.1, 0.15) is 39.2 Å². The second-order valence-electron chi connectivity index (χ2n) is 7.52. The molecule has 0 unspecified atom stereocenters. The van der Waals surface area contributed by atoms with Crippen LogP contribution in [0.5, 0.6) is 11.5 Å². The first-order valence-corrected chi connectivity index (χ1v) is 9.31. The molecule has 0 spiro atoms.